The summed E-state index contributed by atoms with van der Waals surface area (Å²) in [6.45, 7) is 7.55. The molecule has 3 fully saturated rings. The average Bonchev–Trinajstić information content (AvgIpc) is 3.56. The van der Waals surface area contributed by atoms with Crippen molar-refractivity contribution in [2.24, 2.45) is 11.8 Å². The number of carbonyl (C=O) groups excluding carboxylic acids is 3. The van der Waals surface area contributed by atoms with Crippen molar-refractivity contribution in [1.82, 2.24) is 20.5 Å². The zero-order valence-electron chi connectivity index (χ0n) is 26.7. The number of hydrogen-bond donors (Lipinski definition) is 3. The number of aromatic nitrogens is 1. The summed E-state index contributed by atoms with van der Waals surface area (Å²) in [6.07, 6.45) is 6.21. The predicted octanol–water partition coefficient (Wildman–Crippen LogP) is 4.56. The van der Waals surface area contributed by atoms with E-state index in [0.29, 0.717) is 12.8 Å². The monoisotopic (exact) mass is 622 g/mol. The summed E-state index contributed by atoms with van der Waals surface area (Å²) in [5.74, 6) is -2.24. The standard InChI is InChI=1S/C34H46N4O7/c1-5-24-18-34(24,31(41)42)37-29(39)26-17-25(44-20-23-14-9-13-21-15-10-16-35-27(21)23)19-38(26)30(40)28(22-11-7-6-8-12-22)36-32(43)45-33(2,3)4/h9-10,13-16,22,24-26,28H,5-8,11-12,17-20H2,1-4H3,(H,36,43)(H,37,39)(H,41,42)/t24-,25?,26-,28-,34+/m0/s1. The van der Waals surface area contributed by atoms with Crippen LogP contribution in [0.5, 0.6) is 0 Å². The quantitative estimate of drug-likeness (QED) is 0.349. The van der Waals surface area contributed by atoms with Gasteiger partial charge in [0, 0.05) is 30.1 Å². The topological polar surface area (TPSA) is 147 Å². The number of rotatable bonds is 10. The third-order valence-electron chi connectivity index (χ3n) is 9.42. The van der Waals surface area contributed by atoms with Crippen molar-refractivity contribution in [1.29, 1.82) is 0 Å². The number of nitrogens with zero attached hydrogens (tertiary/aromatic N) is 2. The van der Waals surface area contributed by atoms with E-state index in [1.54, 1.807) is 27.0 Å². The average molecular weight is 623 g/mol. The molecule has 11 heteroatoms. The summed E-state index contributed by atoms with van der Waals surface area (Å²) in [5, 5.41) is 16.6. The van der Waals surface area contributed by atoms with E-state index in [4.69, 9.17) is 9.47 Å². The molecule has 11 nitrogen and oxygen atoms in total. The Morgan fingerprint density at radius 2 is 1.84 bits per heavy atom. The highest BCUT2D eigenvalue weighted by molar-refractivity contribution is 5.96. The molecule has 0 spiro atoms. The molecule has 1 saturated heterocycles. The first-order chi connectivity index (χ1) is 21.4. The van der Waals surface area contributed by atoms with Gasteiger partial charge in [0.2, 0.25) is 11.8 Å². The Balaban J connectivity index is 1.39. The molecule has 5 rings (SSSR count). The van der Waals surface area contributed by atoms with E-state index >= 15 is 0 Å². The molecule has 2 aromatic rings. The number of nitrogens with one attached hydrogen (secondary N) is 2. The molecule has 0 bridgehead atoms. The van der Waals surface area contributed by atoms with Crippen LogP contribution < -0.4 is 10.6 Å². The Kier molecular flexibility index (Phi) is 9.67. The normalized spacial score (nSPS) is 25.9. The number of alkyl carbamates (subject to hydrolysis) is 1. The number of hydrogen-bond acceptors (Lipinski definition) is 7. The van der Waals surface area contributed by atoms with Crippen LogP contribution in [-0.2, 0) is 30.5 Å². The summed E-state index contributed by atoms with van der Waals surface area (Å²) in [7, 11) is 0. The number of benzene rings is 1. The minimum atomic E-state index is -1.33. The number of ether oxygens (including phenoxy) is 2. The van der Waals surface area contributed by atoms with Crippen molar-refractivity contribution in [2.75, 3.05) is 6.54 Å². The SMILES string of the molecule is CC[C@H]1C[C@]1(NC(=O)[C@@H]1CC(OCc2cccc3cccnc23)CN1C(=O)[C@@H](NC(=O)OC(C)(C)C)C1CCCCC1)C(=O)O. The van der Waals surface area contributed by atoms with Crippen LogP contribution in [-0.4, -0.2) is 74.7 Å². The van der Waals surface area contributed by atoms with Gasteiger partial charge in [0.15, 0.2) is 0 Å². The number of carboxylic acid groups (broad SMARTS) is 1. The fraction of sp³-hybridized carbons (Fsp3) is 0.618. The molecule has 2 heterocycles. The lowest BCUT2D eigenvalue weighted by Gasteiger charge is -2.35. The minimum absolute atomic E-state index is 0.109. The highest BCUT2D eigenvalue weighted by Gasteiger charge is 2.61. The van der Waals surface area contributed by atoms with Gasteiger partial charge in [-0.25, -0.2) is 9.59 Å². The maximum absolute atomic E-state index is 14.4. The zero-order valence-corrected chi connectivity index (χ0v) is 26.7. The molecule has 45 heavy (non-hydrogen) atoms. The first kappa shape index (κ1) is 32.7. The molecule has 2 saturated carbocycles. The van der Waals surface area contributed by atoms with Gasteiger partial charge < -0.3 is 30.1 Å². The van der Waals surface area contributed by atoms with E-state index in [-0.39, 0.29) is 37.3 Å². The second-order valence-corrected chi connectivity index (χ2v) is 13.8. The van der Waals surface area contributed by atoms with Crippen molar-refractivity contribution in [2.45, 2.75) is 115 Å². The van der Waals surface area contributed by atoms with E-state index in [0.717, 1.165) is 48.6 Å². The molecule has 1 aliphatic heterocycles. The summed E-state index contributed by atoms with van der Waals surface area (Å²) >= 11 is 0. The lowest BCUT2D eigenvalue weighted by Crippen LogP contribution is -2.58. The number of carbonyl (C=O) groups is 4. The van der Waals surface area contributed by atoms with Gasteiger partial charge in [-0.1, -0.05) is 56.9 Å². The Labute approximate surface area is 264 Å². The molecule has 1 aromatic heterocycles. The van der Waals surface area contributed by atoms with E-state index < -0.39 is 47.3 Å². The van der Waals surface area contributed by atoms with Gasteiger partial charge >= 0.3 is 12.1 Å². The van der Waals surface area contributed by atoms with Crippen LogP contribution in [0.25, 0.3) is 10.9 Å². The Morgan fingerprint density at radius 1 is 1.11 bits per heavy atom. The van der Waals surface area contributed by atoms with E-state index in [1.165, 1.54) is 4.90 Å². The van der Waals surface area contributed by atoms with Crippen LogP contribution in [0.1, 0.15) is 84.6 Å². The molecule has 3 amide bonds. The van der Waals surface area contributed by atoms with Crippen molar-refractivity contribution in [3.63, 3.8) is 0 Å². The third kappa shape index (κ3) is 7.40. The van der Waals surface area contributed by atoms with Gasteiger partial charge in [0.25, 0.3) is 0 Å². The van der Waals surface area contributed by atoms with Gasteiger partial charge in [-0.2, -0.15) is 0 Å². The number of amides is 3. The van der Waals surface area contributed by atoms with Crippen LogP contribution in [0.3, 0.4) is 0 Å². The van der Waals surface area contributed by atoms with E-state index in [9.17, 15) is 24.3 Å². The molecule has 1 aromatic carbocycles. The number of aliphatic carboxylic acids is 1. The fourth-order valence-corrected chi connectivity index (χ4v) is 6.96. The Morgan fingerprint density at radius 3 is 2.51 bits per heavy atom. The smallest absolute Gasteiger partial charge is 0.408 e. The maximum atomic E-state index is 14.4. The largest absolute Gasteiger partial charge is 0.479 e. The Bertz CT molecular complexity index is 1410. The van der Waals surface area contributed by atoms with Crippen molar-refractivity contribution < 1.29 is 33.8 Å². The van der Waals surface area contributed by atoms with Crippen molar-refractivity contribution >= 4 is 34.8 Å². The van der Waals surface area contributed by atoms with Crippen LogP contribution in [0.4, 0.5) is 4.79 Å². The second kappa shape index (κ2) is 13.3. The molecule has 0 radical (unpaired) electrons. The highest BCUT2D eigenvalue weighted by atomic mass is 16.6. The summed E-state index contributed by atoms with van der Waals surface area (Å²) in [5.41, 5.74) is -0.367. The number of carboxylic acids is 1. The van der Waals surface area contributed by atoms with Crippen LogP contribution in [0.2, 0.25) is 0 Å². The minimum Gasteiger partial charge on any atom is -0.479 e. The lowest BCUT2D eigenvalue weighted by atomic mass is 9.83. The molecule has 2 aliphatic carbocycles. The number of para-hydroxylation sites is 1. The molecule has 244 valence electrons. The summed E-state index contributed by atoms with van der Waals surface area (Å²) in [4.78, 5) is 59.4. The third-order valence-corrected chi connectivity index (χ3v) is 9.42. The second-order valence-electron chi connectivity index (χ2n) is 13.8. The van der Waals surface area contributed by atoms with Crippen LogP contribution in [0.15, 0.2) is 36.5 Å². The number of pyridine rings is 1. The van der Waals surface area contributed by atoms with Gasteiger partial charge in [-0.05, 0) is 57.9 Å². The van der Waals surface area contributed by atoms with Crippen LogP contribution in [0, 0.1) is 11.8 Å². The predicted molar refractivity (Wildman–Crippen MR) is 167 cm³/mol. The molecular formula is C34H46N4O7. The first-order valence-electron chi connectivity index (χ1n) is 16.2. The summed E-state index contributed by atoms with van der Waals surface area (Å²) in [6, 6.07) is 7.87. The summed E-state index contributed by atoms with van der Waals surface area (Å²) < 4.78 is 11.8. The fourth-order valence-electron chi connectivity index (χ4n) is 6.96. The zero-order chi connectivity index (χ0) is 32.4. The molecular weight excluding hydrogens is 576 g/mol. The van der Waals surface area contributed by atoms with Gasteiger partial charge in [0.1, 0.15) is 23.2 Å². The Hall–Kier alpha value is -3.73. The number of fused-ring (bicyclic) bond motifs is 1. The van der Waals surface area contributed by atoms with Gasteiger partial charge in [-0.3, -0.25) is 14.6 Å². The van der Waals surface area contributed by atoms with E-state index in [1.807, 2.05) is 37.3 Å². The van der Waals surface area contributed by atoms with Gasteiger partial charge in [0.05, 0.1) is 18.2 Å². The van der Waals surface area contributed by atoms with Gasteiger partial charge in [-0.15, -0.1) is 0 Å². The molecule has 3 N–H and O–H groups in total. The highest BCUT2D eigenvalue weighted by Crippen LogP contribution is 2.46. The molecule has 1 unspecified atom stereocenters. The lowest BCUT2D eigenvalue weighted by molar-refractivity contribution is -0.146. The van der Waals surface area contributed by atoms with E-state index in [2.05, 4.69) is 15.6 Å². The maximum Gasteiger partial charge on any atom is 0.408 e. The van der Waals surface area contributed by atoms with Crippen molar-refractivity contribution in [3.05, 3.63) is 42.1 Å². The molecule has 5 atom stereocenters. The molecule has 3 aliphatic rings. The first-order valence-corrected chi connectivity index (χ1v) is 16.2. The number of likely N-dealkylation sites (tertiary alicyclic amines) is 1. The van der Waals surface area contributed by atoms with Crippen LogP contribution >= 0.6 is 0 Å². The van der Waals surface area contributed by atoms with Crippen molar-refractivity contribution in [3.8, 4) is 0 Å².